The van der Waals surface area contributed by atoms with E-state index in [1.54, 1.807) is 30.5 Å². The van der Waals surface area contributed by atoms with Crippen molar-refractivity contribution in [2.75, 3.05) is 52.4 Å². The third-order valence-corrected chi connectivity index (χ3v) is 7.83. The van der Waals surface area contributed by atoms with Gasteiger partial charge in [0, 0.05) is 50.9 Å². The van der Waals surface area contributed by atoms with Crippen molar-refractivity contribution in [2.24, 2.45) is 0 Å². The molecule has 0 aliphatic carbocycles. The lowest BCUT2D eigenvalue weighted by Gasteiger charge is -2.34. The molecule has 0 radical (unpaired) electrons. The molecule has 34 heavy (non-hydrogen) atoms. The van der Waals surface area contributed by atoms with Crippen molar-refractivity contribution < 1.29 is 13.2 Å². The molecule has 0 bridgehead atoms. The number of hydrogen-bond acceptors (Lipinski definition) is 6. The standard InChI is InChI=1S/C25H31ClN4O3S/c26-23-10-11-24(22-9-4-12-27-25(22)23)34(31,32)28-13-5-14-29-16-18-30(19-17-29)15-6-20-33-21-7-2-1-3-8-21/h1-4,7-12,28H,5-6,13-20H2. The Morgan fingerprint density at radius 1 is 0.912 bits per heavy atom. The van der Waals surface area contributed by atoms with Gasteiger partial charge in [0.05, 0.1) is 22.0 Å². The molecule has 1 saturated heterocycles. The molecule has 0 amide bonds. The Hall–Kier alpha value is -2.23. The highest BCUT2D eigenvalue weighted by atomic mass is 35.5. The zero-order chi connectivity index (χ0) is 23.8. The molecule has 1 aliphatic heterocycles. The number of pyridine rings is 1. The zero-order valence-corrected chi connectivity index (χ0v) is 20.8. The SMILES string of the molecule is O=S(=O)(NCCCN1CCN(CCCOc2ccccc2)CC1)c1ccc(Cl)c2ncccc12. The summed E-state index contributed by atoms with van der Waals surface area (Å²) in [6.45, 7) is 7.08. The van der Waals surface area contributed by atoms with Crippen molar-refractivity contribution in [3.05, 3.63) is 65.8 Å². The van der Waals surface area contributed by atoms with Crippen LogP contribution in [-0.2, 0) is 10.0 Å². The lowest BCUT2D eigenvalue weighted by molar-refractivity contribution is 0.125. The first-order chi connectivity index (χ1) is 16.5. The quantitative estimate of drug-likeness (QED) is 0.403. The van der Waals surface area contributed by atoms with Gasteiger partial charge in [-0.2, -0.15) is 0 Å². The molecule has 0 spiro atoms. The summed E-state index contributed by atoms with van der Waals surface area (Å²) in [6, 6.07) is 16.5. The lowest BCUT2D eigenvalue weighted by atomic mass is 10.2. The molecule has 0 unspecified atom stereocenters. The third kappa shape index (κ3) is 6.67. The van der Waals surface area contributed by atoms with Gasteiger partial charge < -0.3 is 14.5 Å². The normalized spacial score (nSPS) is 15.6. The summed E-state index contributed by atoms with van der Waals surface area (Å²) in [6.07, 6.45) is 3.37. The molecule has 7 nitrogen and oxygen atoms in total. The van der Waals surface area contributed by atoms with Crippen LogP contribution in [0.3, 0.4) is 0 Å². The highest BCUT2D eigenvalue weighted by molar-refractivity contribution is 7.89. The van der Waals surface area contributed by atoms with Gasteiger partial charge in [-0.3, -0.25) is 4.98 Å². The topological polar surface area (TPSA) is 74.8 Å². The highest BCUT2D eigenvalue weighted by Gasteiger charge is 2.19. The number of fused-ring (bicyclic) bond motifs is 1. The Labute approximate surface area is 206 Å². The zero-order valence-electron chi connectivity index (χ0n) is 19.2. The van der Waals surface area contributed by atoms with Crippen LogP contribution in [0.2, 0.25) is 5.02 Å². The molecular weight excluding hydrogens is 472 g/mol. The fourth-order valence-corrected chi connectivity index (χ4v) is 5.65. The summed E-state index contributed by atoms with van der Waals surface area (Å²) >= 11 is 6.17. The van der Waals surface area contributed by atoms with E-state index in [4.69, 9.17) is 16.3 Å². The Kier molecular flexibility index (Phi) is 8.74. The predicted octanol–water partition coefficient (Wildman–Crippen LogP) is 3.64. The van der Waals surface area contributed by atoms with Crippen molar-refractivity contribution in [1.29, 1.82) is 0 Å². The average Bonchev–Trinajstić information content (AvgIpc) is 2.86. The van der Waals surface area contributed by atoms with Crippen molar-refractivity contribution in [1.82, 2.24) is 19.5 Å². The van der Waals surface area contributed by atoms with Crippen LogP contribution in [0.1, 0.15) is 12.8 Å². The Bertz CT molecular complexity index is 1170. The van der Waals surface area contributed by atoms with E-state index in [0.717, 1.165) is 64.5 Å². The van der Waals surface area contributed by atoms with Crippen LogP contribution in [0.4, 0.5) is 0 Å². The first kappa shape index (κ1) is 24.9. The Balaban J connectivity index is 1.15. The van der Waals surface area contributed by atoms with Gasteiger partial charge in [-0.05, 0) is 55.8 Å². The van der Waals surface area contributed by atoms with Crippen LogP contribution in [0.15, 0.2) is 65.7 Å². The monoisotopic (exact) mass is 502 g/mol. The van der Waals surface area contributed by atoms with E-state index in [2.05, 4.69) is 19.5 Å². The number of piperazine rings is 1. The van der Waals surface area contributed by atoms with E-state index < -0.39 is 10.0 Å². The van der Waals surface area contributed by atoms with Crippen molar-refractivity contribution >= 4 is 32.5 Å². The molecule has 9 heteroatoms. The molecular formula is C25H31ClN4O3S. The van der Waals surface area contributed by atoms with Gasteiger partial charge in [-0.1, -0.05) is 29.8 Å². The Morgan fingerprint density at radius 3 is 2.35 bits per heavy atom. The molecule has 182 valence electrons. The van der Waals surface area contributed by atoms with Gasteiger partial charge in [0.15, 0.2) is 0 Å². The van der Waals surface area contributed by atoms with Gasteiger partial charge in [0.1, 0.15) is 5.75 Å². The number of aromatic nitrogens is 1. The lowest BCUT2D eigenvalue weighted by Crippen LogP contribution is -2.47. The van der Waals surface area contributed by atoms with Crippen LogP contribution in [0.25, 0.3) is 10.9 Å². The van der Waals surface area contributed by atoms with Gasteiger partial charge in [0.25, 0.3) is 0 Å². The van der Waals surface area contributed by atoms with E-state index in [1.807, 2.05) is 30.3 Å². The summed E-state index contributed by atoms with van der Waals surface area (Å²) < 4.78 is 34.2. The third-order valence-electron chi connectivity index (χ3n) is 6.01. The Morgan fingerprint density at radius 2 is 1.62 bits per heavy atom. The minimum absolute atomic E-state index is 0.213. The minimum Gasteiger partial charge on any atom is -0.494 e. The van der Waals surface area contributed by atoms with E-state index in [0.29, 0.717) is 22.5 Å². The molecule has 2 heterocycles. The molecule has 4 rings (SSSR count). The number of benzene rings is 2. The number of sulfonamides is 1. The van der Waals surface area contributed by atoms with E-state index in [-0.39, 0.29) is 4.90 Å². The van der Waals surface area contributed by atoms with Gasteiger partial charge in [-0.25, -0.2) is 13.1 Å². The molecule has 1 aliphatic rings. The molecule has 2 aromatic carbocycles. The number of ether oxygens (including phenoxy) is 1. The van der Waals surface area contributed by atoms with E-state index in [9.17, 15) is 8.42 Å². The number of nitrogens with one attached hydrogen (secondary N) is 1. The van der Waals surface area contributed by atoms with Gasteiger partial charge >= 0.3 is 0 Å². The van der Waals surface area contributed by atoms with Crippen LogP contribution in [0.5, 0.6) is 5.75 Å². The fraction of sp³-hybridized carbons (Fsp3) is 0.400. The van der Waals surface area contributed by atoms with Gasteiger partial charge in [0.2, 0.25) is 10.0 Å². The summed E-state index contributed by atoms with van der Waals surface area (Å²) in [5, 5.41) is 0.977. The summed E-state index contributed by atoms with van der Waals surface area (Å²) in [5.41, 5.74) is 0.497. The van der Waals surface area contributed by atoms with Crippen molar-refractivity contribution in [2.45, 2.75) is 17.7 Å². The van der Waals surface area contributed by atoms with Crippen LogP contribution in [0, 0.1) is 0 Å². The molecule has 1 N–H and O–H groups in total. The van der Waals surface area contributed by atoms with Crippen molar-refractivity contribution in [3.63, 3.8) is 0 Å². The largest absolute Gasteiger partial charge is 0.494 e. The minimum atomic E-state index is -3.64. The molecule has 1 fully saturated rings. The number of rotatable bonds is 11. The van der Waals surface area contributed by atoms with Crippen molar-refractivity contribution in [3.8, 4) is 5.75 Å². The van der Waals surface area contributed by atoms with E-state index >= 15 is 0 Å². The maximum atomic E-state index is 12.9. The average molecular weight is 503 g/mol. The number of para-hydroxylation sites is 1. The number of hydrogen-bond donors (Lipinski definition) is 1. The molecule has 3 aromatic rings. The molecule has 0 atom stereocenters. The maximum absolute atomic E-state index is 12.9. The number of halogens is 1. The first-order valence-electron chi connectivity index (χ1n) is 11.7. The second-order valence-electron chi connectivity index (χ2n) is 8.39. The van der Waals surface area contributed by atoms with Crippen LogP contribution in [-0.4, -0.2) is 75.6 Å². The summed E-state index contributed by atoms with van der Waals surface area (Å²) in [7, 11) is -3.64. The first-order valence-corrected chi connectivity index (χ1v) is 13.5. The molecule has 0 saturated carbocycles. The smallest absolute Gasteiger partial charge is 0.241 e. The second kappa shape index (κ2) is 12.0. The summed E-state index contributed by atoms with van der Waals surface area (Å²) in [5.74, 6) is 0.920. The van der Waals surface area contributed by atoms with Crippen LogP contribution >= 0.6 is 11.6 Å². The predicted molar refractivity (Wildman–Crippen MR) is 136 cm³/mol. The summed E-state index contributed by atoms with van der Waals surface area (Å²) in [4.78, 5) is 9.29. The van der Waals surface area contributed by atoms with Gasteiger partial charge in [-0.15, -0.1) is 0 Å². The molecule has 1 aromatic heterocycles. The maximum Gasteiger partial charge on any atom is 0.241 e. The van der Waals surface area contributed by atoms with Crippen LogP contribution < -0.4 is 9.46 Å². The van der Waals surface area contributed by atoms with E-state index in [1.165, 1.54) is 0 Å². The second-order valence-corrected chi connectivity index (χ2v) is 10.5. The number of nitrogens with zero attached hydrogens (tertiary/aromatic N) is 3. The highest BCUT2D eigenvalue weighted by Crippen LogP contribution is 2.27. The fourth-order valence-electron chi connectivity index (χ4n) is 4.16.